The van der Waals surface area contributed by atoms with Gasteiger partial charge in [-0.3, -0.25) is 5.10 Å². The molecule has 1 fully saturated rings. The van der Waals surface area contributed by atoms with E-state index < -0.39 is 0 Å². The zero-order chi connectivity index (χ0) is 13.6. The summed E-state index contributed by atoms with van der Waals surface area (Å²) in [6, 6.07) is 4.18. The van der Waals surface area contributed by atoms with Gasteiger partial charge in [-0.2, -0.15) is 5.10 Å². The maximum Gasteiger partial charge on any atom is 0.0794 e. The van der Waals surface area contributed by atoms with E-state index in [1.165, 1.54) is 36.1 Å². The third-order valence-electron chi connectivity index (χ3n) is 3.74. The SMILES string of the molecule is c1csc(-c2[nH]ncc2CNCCOC2CCCC2)c1. The Morgan fingerprint density at radius 3 is 3.10 bits per heavy atom. The summed E-state index contributed by atoms with van der Waals surface area (Å²) in [6.07, 6.45) is 7.55. The van der Waals surface area contributed by atoms with Crippen molar-refractivity contribution < 1.29 is 4.74 Å². The molecule has 1 aliphatic rings. The summed E-state index contributed by atoms with van der Waals surface area (Å²) in [5, 5.41) is 12.8. The van der Waals surface area contributed by atoms with E-state index in [9.17, 15) is 0 Å². The van der Waals surface area contributed by atoms with Crippen LogP contribution in [0.3, 0.4) is 0 Å². The number of nitrogens with zero attached hydrogens (tertiary/aromatic N) is 1. The summed E-state index contributed by atoms with van der Waals surface area (Å²) >= 11 is 1.73. The lowest BCUT2D eigenvalue weighted by atomic mass is 10.2. The summed E-state index contributed by atoms with van der Waals surface area (Å²) < 4.78 is 5.84. The molecule has 0 aromatic carbocycles. The molecule has 3 rings (SSSR count). The topological polar surface area (TPSA) is 49.9 Å². The molecule has 5 heteroatoms. The van der Waals surface area contributed by atoms with E-state index in [1.807, 2.05) is 6.20 Å². The molecule has 2 N–H and O–H groups in total. The van der Waals surface area contributed by atoms with Crippen molar-refractivity contribution in [3.63, 3.8) is 0 Å². The Hall–Kier alpha value is -1.17. The normalized spacial score (nSPS) is 16.0. The lowest BCUT2D eigenvalue weighted by molar-refractivity contribution is 0.0603. The van der Waals surface area contributed by atoms with Crippen LogP contribution in [0.1, 0.15) is 31.2 Å². The Morgan fingerprint density at radius 1 is 1.40 bits per heavy atom. The number of aromatic amines is 1. The lowest BCUT2D eigenvalue weighted by Gasteiger charge is -2.11. The monoisotopic (exact) mass is 291 g/mol. The fourth-order valence-corrected chi connectivity index (χ4v) is 3.41. The second-order valence-corrected chi connectivity index (χ2v) is 6.15. The highest BCUT2D eigenvalue weighted by atomic mass is 32.1. The molecule has 0 spiro atoms. The highest BCUT2D eigenvalue weighted by molar-refractivity contribution is 7.13. The zero-order valence-electron chi connectivity index (χ0n) is 11.6. The van der Waals surface area contributed by atoms with Gasteiger partial charge in [0.15, 0.2) is 0 Å². The number of thiophene rings is 1. The van der Waals surface area contributed by atoms with Gasteiger partial charge in [-0.15, -0.1) is 11.3 Å². The van der Waals surface area contributed by atoms with Crippen LogP contribution in [0.25, 0.3) is 10.6 Å². The predicted molar refractivity (Wildman–Crippen MR) is 81.8 cm³/mol. The van der Waals surface area contributed by atoms with Gasteiger partial charge in [0.2, 0.25) is 0 Å². The number of ether oxygens (including phenoxy) is 1. The summed E-state index contributed by atoms with van der Waals surface area (Å²) in [5.41, 5.74) is 2.34. The van der Waals surface area contributed by atoms with Gasteiger partial charge in [-0.05, 0) is 24.3 Å². The van der Waals surface area contributed by atoms with Crippen LogP contribution in [0.15, 0.2) is 23.7 Å². The van der Waals surface area contributed by atoms with Gasteiger partial charge >= 0.3 is 0 Å². The van der Waals surface area contributed by atoms with Crippen LogP contribution >= 0.6 is 11.3 Å². The molecule has 2 heterocycles. The van der Waals surface area contributed by atoms with Crippen LogP contribution in [0.5, 0.6) is 0 Å². The van der Waals surface area contributed by atoms with Gasteiger partial charge in [-0.1, -0.05) is 18.9 Å². The van der Waals surface area contributed by atoms with E-state index >= 15 is 0 Å². The first-order valence-electron chi connectivity index (χ1n) is 7.32. The molecule has 0 radical (unpaired) electrons. The molecule has 1 saturated carbocycles. The molecule has 0 saturated heterocycles. The van der Waals surface area contributed by atoms with E-state index in [-0.39, 0.29) is 0 Å². The Balaban J connectivity index is 1.41. The quantitative estimate of drug-likeness (QED) is 0.770. The zero-order valence-corrected chi connectivity index (χ0v) is 12.4. The summed E-state index contributed by atoms with van der Waals surface area (Å²) in [6.45, 7) is 2.53. The molecule has 0 unspecified atom stereocenters. The predicted octanol–water partition coefficient (Wildman–Crippen LogP) is 3.19. The standard InChI is InChI=1S/C15H21N3OS/c1-2-5-13(4-1)19-8-7-16-10-12-11-17-18-15(12)14-6-3-9-20-14/h3,6,9,11,13,16H,1-2,4-5,7-8,10H2,(H,17,18). The number of hydrogen-bond donors (Lipinski definition) is 2. The maximum absolute atomic E-state index is 5.84. The number of rotatable bonds is 7. The van der Waals surface area contributed by atoms with E-state index in [1.54, 1.807) is 11.3 Å². The average Bonchev–Trinajstić information content (AvgIpc) is 3.20. The van der Waals surface area contributed by atoms with Crippen LogP contribution in [0, 0.1) is 0 Å². The average molecular weight is 291 g/mol. The van der Waals surface area contributed by atoms with Crippen molar-refractivity contribution in [1.82, 2.24) is 15.5 Å². The molecule has 108 valence electrons. The van der Waals surface area contributed by atoms with Gasteiger partial charge in [0, 0.05) is 18.7 Å². The number of aromatic nitrogens is 2. The minimum absolute atomic E-state index is 0.507. The largest absolute Gasteiger partial charge is 0.377 e. The minimum atomic E-state index is 0.507. The lowest BCUT2D eigenvalue weighted by Crippen LogP contribution is -2.21. The molecular formula is C15H21N3OS. The smallest absolute Gasteiger partial charge is 0.0794 e. The number of nitrogens with one attached hydrogen (secondary N) is 2. The fraction of sp³-hybridized carbons (Fsp3) is 0.533. The molecular weight excluding hydrogens is 270 g/mol. The second-order valence-electron chi connectivity index (χ2n) is 5.20. The van der Waals surface area contributed by atoms with E-state index in [4.69, 9.17) is 4.74 Å². The van der Waals surface area contributed by atoms with Crippen LogP contribution < -0.4 is 5.32 Å². The van der Waals surface area contributed by atoms with E-state index in [2.05, 4.69) is 33.0 Å². The first-order chi connectivity index (χ1) is 9.93. The van der Waals surface area contributed by atoms with Gasteiger partial charge < -0.3 is 10.1 Å². The first kappa shape index (κ1) is 13.8. The van der Waals surface area contributed by atoms with E-state index in [0.717, 1.165) is 25.4 Å². The second kappa shape index (κ2) is 7.02. The third kappa shape index (κ3) is 3.48. The Bertz CT molecular complexity index is 503. The van der Waals surface area contributed by atoms with Crippen molar-refractivity contribution in [3.8, 4) is 10.6 Å². The highest BCUT2D eigenvalue weighted by Gasteiger charge is 2.14. The van der Waals surface area contributed by atoms with Crippen LogP contribution in [0.4, 0.5) is 0 Å². The molecule has 1 aliphatic carbocycles. The summed E-state index contributed by atoms with van der Waals surface area (Å²) in [4.78, 5) is 1.24. The van der Waals surface area contributed by atoms with Gasteiger partial charge in [-0.25, -0.2) is 0 Å². The van der Waals surface area contributed by atoms with Crippen molar-refractivity contribution in [2.24, 2.45) is 0 Å². The molecule has 2 aromatic heterocycles. The van der Waals surface area contributed by atoms with Gasteiger partial charge in [0.25, 0.3) is 0 Å². The van der Waals surface area contributed by atoms with Gasteiger partial charge in [0.1, 0.15) is 0 Å². The van der Waals surface area contributed by atoms with Crippen molar-refractivity contribution in [3.05, 3.63) is 29.3 Å². The Morgan fingerprint density at radius 2 is 2.30 bits per heavy atom. The Labute approximate surface area is 123 Å². The molecule has 0 bridgehead atoms. The van der Waals surface area contributed by atoms with Crippen molar-refractivity contribution >= 4 is 11.3 Å². The molecule has 2 aromatic rings. The van der Waals surface area contributed by atoms with Crippen molar-refractivity contribution in [2.45, 2.75) is 38.3 Å². The first-order valence-corrected chi connectivity index (χ1v) is 8.20. The number of hydrogen-bond acceptors (Lipinski definition) is 4. The molecule has 20 heavy (non-hydrogen) atoms. The minimum Gasteiger partial charge on any atom is -0.377 e. The van der Waals surface area contributed by atoms with E-state index in [0.29, 0.717) is 6.10 Å². The van der Waals surface area contributed by atoms with Crippen molar-refractivity contribution in [2.75, 3.05) is 13.2 Å². The molecule has 4 nitrogen and oxygen atoms in total. The molecule has 0 amide bonds. The van der Waals surface area contributed by atoms with Crippen molar-refractivity contribution in [1.29, 1.82) is 0 Å². The summed E-state index contributed by atoms with van der Waals surface area (Å²) in [5.74, 6) is 0. The maximum atomic E-state index is 5.84. The molecule has 0 aliphatic heterocycles. The summed E-state index contributed by atoms with van der Waals surface area (Å²) in [7, 11) is 0. The molecule has 0 atom stereocenters. The van der Waals surface area contributed by atoms with Crippen LogP contribution in [0.2, 0.25) is 0 Å². The fourth-order valence-electron chi connectivity index (χ4n) is 2.66. The van der Waals surface area contributed by atoms with Crippen LogP contribution in [-0.4, -0.2) is 29.5 Å². The highest BCUT2D eigenvalue weighted by Crippen LogP contribution is 2.25. The Kier molecular flexibility index (Phi) is 4.84. The third-order valence-corrected chi connectivity index (χ3v) is 4.62. The van der Waals surface area contributed by atoms with Crippen LogP contribution in [-0.2, 0) is 11.3 Å². The van der Waals surface area contributed by atoms with Gasteiger partial charge in [0.05, 0.1) is 29.5 Å². The number of H-pyrrole nitrogens is 1.